The first kappa shape index (κ1) is 15.3. The van der Waals surface area contributed by atoms with E-state index in [0.717, 1.165) is 39.6 Å². The van der Waals surface area contributed by atoms with Crippen LogP contribution in [-0.4, -0.2) is 31.7 Å². The van der Waals surface area contributed by atoms with Gasteiger partial charge in [0.05, 0.1) is 17.8 Å². The summed E-state index contributed by atoms with van der Waals surface area (Å²) in [5, 5.41) is 7.19. The third-order valence-corrected chi connectivity index (χ3v) is 4.24. The van der Waals surface area contributed by atoms with Crippen molar-refractivity contribution in [2.75, 3.05) is 12.4 Å². The zero-order valence-corrected chi connectivity index (χ0v) is 14.3. The average molecular weight is 334 g/mol. The summed E-state index contributed by atoms with van der Waals surface area (Å²) in [5.74, 6) is 1.56. The molecule has 1 N–H and O–H groups in total. The Morgan fingerprint density at radius 1 is 1.20 bits per heavy atom. The third kappa shape index (κ3) is 2.63. The maximum Gasteiger partial charge on any atom is 0.205 e. The Morgan fingerprint density at radius 3 is 2.68 bits per heavy atom. The Hall–Kier alpha value is -3.22. The molecular formula is C18H18N6O. The van der Waals surface area contributed by atoms with Crippen LogP contribution in [0.3, 0.4) is 0 Å². The summed E-state index contributed by atoms with van der Waals surface area (Å²) in [7, 11) is 1.86. The second kappa shape index (κ2) is 6.01. The van der Waals surface area contributed by atoms with Crippen molar-refractivity contribution in [3.63, 3.8) is 0 Å². The van der Waals surface area contributed by atoms with Gasteiger partial charge in [0.25, 0.3) is 0 Å². The van der Waals surface area contributed by atoms with Crippen molar-refractivity contribution in [1.29, 1.82) is 0 Å². The quantitative estimate of drug-likeness (QED) is 0.617. The lowest BCUT2D eigenvalue weighted by Crippen LogP contribution is -2.05. The molecule has 0 saturated heterocycles. The van der Waals surface area contributed by atoms with Crippen molar-refractivity contribution < 1.29 is 4.52 Å². The van der Waals surface area contributed by atoms with Gasteiger partial charge in [0.2, 0.25) is 5.95 Å². The zero-order chi connectivity index (χ0) is 17.4. The normalized spacial score (nSPS) is 11.2. The number of nitrogens with one attached hydrogen (secondary N) is 1. The Balaban J connectivity index is 1.87. The molecule has 4 aromatic rings. The molecule has 7 nitrogen and oxygen atoms in total. The first-order valence-electron chi connectivity index (χ1n) is 8.03. The molecule has 4 rings (SSSR count). The summed E-state index contributed by atoms with van der Waals surface area (Å²) in [6.07, 6.45) is 5.40. The summed E-state index contributed by atoms with van der Waals surface area (Å²) in [6, 6.07) is 6.08. The number of aryl methyl sites for hydroxylation is 2. The summed E-state index contributed by atoms with van der Waals surface area (Å²) in [5.41, 5.74) is 5.62. The second-order valence-corrected chi connectivity index (χ2v) is 5.89. The van der Waals surface area contributed by atoms with Crippen molar-refractivity contribution in [1.82, 2.24) is 24.7 Å². The molecule has 0 aliphatic rings. The summed E-state index contributed by atoms with van der Waals surface area (Å²) < 4.78 is 7.40. The van der Waals surface area contributed by atoms with E-state index in [0.29, 0.717) is 12.2 Å². The standard InChI is InChI=1S/C18H18N6O/c1-11-16(12(2)25-23-11)14-8-15-17(21-9-14)22-18(19-3)24(15)10-13-4-6-20-7-5-13/h4-9H,10H2,1-3H3,(H,19,21,22). The maximum atomic E-state index is 5.29. The highest BCUT2D eigenvalue weighted by Gasteiger charge is 2.16. The van der Waals surface area contributed by atoms with E-state index < -0.39 is 0 Å². The van der Waals surface area contributed by atoms with E-state index in [1.54, 1.807) is 12.4 Å². The predicted octanol–water partition coefficient (Wildman–Crippen LogP) is 3.19. The molecule has 0 spiro atoms. The third-order valence-electron chi connectivity index (χ3n) is 4.24. The number of fused-ring (bicyclic) bond motifs is 1. The van der Waals surface area contributed by atoms with Crippen LogP contribution in [0.1, 0.15) is 17.0 Å². The Morgan fingerprint density at radius 2 is 2.00 bits per heavy atom. The van der Waals surface area contributed by atoms with Crippen LogP contribution < -0.4 is 5.32 Å². The number of hydrogen-bond acceptors (Lipinski definition) is 6. The van der Waals surface area contributed by atoms with Crippen LogP contribution in [0.4, 0.5) is 5.95 Å². The molecule has 4 heterocycles. The number of anilines is 1. The SMILES string of the molecule is CNc1nc2ncc(-c3c(C)noc3C)cc2n1Cc1ccncc1. The van der Waals surface area contributed by atoms with Crippen LogP contribution in [0.15, 0.2) is 41.3 Å². The number of nitrogens with zero attached hydrogens (tertiary/aromatic N) is 5. The van der Waals surface area contributed by atoms with Crippen molar-refractivity contribution in [3.05, 3.63) is 53.8 Å². The van der Waals surface area contributed by atoms with E-state index in [9.17, 15) is 0 Å². The van der Waals surface area contributed by atoms with E-state index in [1.807, 2.05) is 39.2 Å². The van der Waals surface area contributed by atoms with Crippen molar-refractivity contribution >= 4 is 17.1 Å². The van der Waals surface area contributed by atoms with Gasteiger partial charge in [-0.3, -0.25) is 4.98 Å². The average Bonchev–Trinajstić information content (AvgIpc) is 3.15. The van der Waals surface area contributed by atoms with Gasteiger partial charge in [-0.25, -0.2) is 4.98 Å². The molecule has 0 radical (unpaired) electrons. The minimum absolute atomic E-state index is 0.682. The van der Waals surface area contributed by atoms with Gasteiger partial charge in [-0.1, -0.05) is 5.16 Å². The highest BCUT2D eigenvalue weighted by molar-refractivity contribution is 5.81. The minimum atomic E-state index is 0.682. The van der Waals surface area contributed by atoms with Crippen LogP contribution >= 0.6 is 0 Å². The molecule has 0 fully saturated rings. The van der Waals surface area contributed by atoms with E-state index in [1.165, 1.54) is 0 Å². The Labute approximate surface area is 144 Å². The van der Waals surface area contributed by atoms with Gasteiger partial charge in [0.15, 0.2) is 5.65 Å². The molecular weight excluding hydrogens is 316 g/mol. The number of rotatable bonds is 4. The zero-order valence-electron chi connectivity index (χ0n) is 14.3. The molecule has 0 atom stereocenters. The van der Waals surface area contributed by atoms with Gasteiger partial charge in [-0.05, 0) is 37.6 Å². The second-order valence-electron chi connectivity index (χ2n) is 5.89. The van der Waals surface area contributed by atoms with Crippen LogP contribution in [0, 0.1) is 13.8 Å². The summed E-state index contributed by atoms with van der Waals surface area (Å²) >= 11 is 0. The van der Waals surface area contributed by atoms with E-state index in [4.69, 9.17) is 4.52 Å². The molecule has 4 aromatic heterocycles. The summed E-state index contributed by atoms with van der Waals surface area (Å²) in [6.45, 7) is 4.53. The highest BCUT2D eigenvalue weighted by atomic mass is 16.5. The monoisotopic (exact) mass is 334 g/mol. The van der Waals surface area contributed by atoms with Crippen LogP contribution in [0.5, 0.6) is 0 Å². The first-order chi connectivity index (χ1) is 12.2. The van der Waals surface area contributed by atoms with Crippen molar-refractivity contribution in [2.24, 2.45) is 0 Å². The molecule has 0 aliphatic carbocycles. The van der Waals surface area contributed by atoms with E-state index >= 15 is 0 Å². The van der Waals surface area contributed by atoms with Gasteiger partial charge in [-0.2, -0.15) is 4.98 Å². The lowest BCUT2D eigenvalue weighted by molar-refractivity contribution is 0.393. The van der Waals surface area contributed by atoms with Crippen molar-refractivity contribution in [2.45, 2.75) is 20.4 Å². The number of aromatic nitrogens is 5. The lowest BCUT2D eigenvalue weighted by Gasteiger charge is -2.09. The number of imidazole rings is 1. The van der Waals surface area contributed by atoms with Gasteiger partial charge >= 0.3 is 0 Å². The minimum Gasteiger partial charge on any atom is -0.361 e. The van der Waals surface area contributed by atoms with Crippen molar-refractivity contribution in [3.8, 4) is 11.1 Å². The van der Waals surface area contributed by atoms with Crippen LogP contribution in [0.25, 0.3) is 22.3 Å². The van der Waals surface area contributed by atoms with Gasteiger partial charge in [0.1, 0.15) is 5.76 Å². The van der Waals surface area contributed by atoms with Crippen LogP contribution in [-0.2, 0) is 6.54 Å². The highest BCUT2D eigenvalue weighted by Crippen LogP contribution is 2.29. The largest absolute Gasteiger partial charge is 0.361 e. The molecule has 126 valence electrons. The van der Waals surface area contributed by atoms with Gasteiger partial charge in [-0.15, -0.1) is 0 Å². The molecule has 25 heavy (non-hydrogen) atoms. The Bertz CT molecular complexity index is 1020. The fourth-order valence-corrected chi connectivity index (χ4v) is 3.06. The molecule has 0 aliphatic heterocycles. The first-order valence-corrected chi connectivity index (χ1v) is 8.03. The molecule has 0 unspecified atom stereocenters. The van der Waals surface area contributed by atoms with Crippen LogP contribution in [0.2, 0.25) is 0 Å². The molecule has 7 heteroatoms. The molecule has 0 amide bonds. The molecule has 0 saturated carbocycles. The number of hydrogen-bond donors (Lipinski definition) is 1. The van der Waals surface area contributed by atoms with E-state index in [-0.39, 0.29) is 0 Å². The fourth-order valence-electron chi connectivity index (χ4n) is 3.06. The maximum absolute atomic E-state index is 5.29. The van der Waals surface area contributed by atoms with Gasteiger partial charge < -0.3 is 14.4 Å². The smallest absolute Gasteiger partial charge is 0.205 e. The Kier molecular flexibility index (Phi) is 3.68. The molecule has 0 aromatic carbocycles. The fraction of sp³-hybridized carbons (Fsp3) is 0.222. The van der Waals surface area contributed by atoms with Gasteiger partial charge in [0, 0.05) is 36.8 Å². The number of pyridine rings is 2. The predicted molar refractivity (Wildman–Crippen MR) is 95.4 cm³/mol. The summed E-state index contributed by atoms with van der Waals surface area (Å²) in [4.78, 5) is 13.2. The molecule has 0 bridgehead atoms. The lowest BCUT2D eigenvalue weighted by atomic mass is 10.1. The topological polar surface area (TPSA) is 81.7 Å². The van der Waals surface area contributed by atoms with E-state index in [2.05, 4.69) is 36.1 Å².